The van der Waals surface area contributed by atoms with Crippen LogP contribution in [0.15, 0.2) is 48.7 Å². The summed E-state index contributed by atoms with van der Waals surface area (Å²) in [6.07, 6.45) is 1.57. The second-order valence-corrected chi connectivity index (χ2v) is 4.48. The molecule has 3 N–H and O–H groups in total. The molecule has 0 unspecified atom stereocenters. The van der Waals surface area contributed by atoms with Crippen LogP contribution in [0, 0.1) is 0 Å². The number of carbonyl (C=O) groups is 1. The van der Waals surface area contributed by atoms with Crippen molar-refractivity contribution in [3.63, 3.8) is 0 Å². The molecule has 1 heterocycles. The van der Waals surface area contributed by atoms with E-state index in [0.717, 1.165) is 0 Å². The Morgan fingerprint density at radius 1 is 1.30 bits per heavy atom. The number of benzene rings is 1. The molecule has 2 rings (SSSR count). The molecule has 0 aliphatic heterocycles. The lowest BCUT2D eigenvalue weighted by Crippen LogP contribution is -2.18. The van der Waals surface area contributed by atoms with Crippen LogP contribution in [-0.2, 0) is 0 Å². The summed E-state index contributed by atoms with van der Waals surface area (Å²) in [5, 5.41) is 2.74. The molecule has 6 heteroatoms. The van der Waals surface area contributed by atoms with Crippen LogP contribution in [0.25, 0.3) is 0 Å². The van der Waals surface area contributed by atoms with Gasteiger partial charge in [-0.25, -0.2) is 0 Å². The first-order valence-corrected chi connectivity index (χ1v) is 6.29. The maximum atomic E-state index is 11.9. The van der Waals surface area contributed by atoms with Crippen molar-refractivity contribution in [2.24, 2.45) is 5.73 Å². The van der Waals surface area contributed by atoms with Crippen LogP contribution < -0.4 is 15.8 Å². The van der Waals surface area contributed by atoms with Crippen LogP contribution >= 0.6 is 12.2 Å². The molecule has 0 spiro atoms. The summed E-state index contributed by atoms with van der Waals surface area (Å²) in [7, 11) is 0. The third kappa shape index (κ3) is 4.03. The number of rotatable bonds is 5. The number of nitrogens with zero attached hydrogens (tertiary/aromatic N) is 1. The highest BCUT2D eigenvalue weighted by molar-refractivity contribution is 7.80. The Morgan fingerprint density at radius 3 is 2.85 bits per heavy atom. The van der Waals surface area contributed by atoms with E-state index in [1.54, 1.807) is 48.7 Å². The number of ether oxygens (including phenoxy) is 1. The van der Waals surface area contributed by atoms with Crippen LogP contribution in [0.1, 0.15) is 10.5 Å². The lowest BCUT2D eigenvalue weighted by atomic mass is 10.2. The van der Waals surface area contributed by atoms with Gasteiger partial charge in [-0.2, -0.15) is 0 Å². The van der Waals surface area contributed by atoms with Crippen LogP contribution in [0.4, 0.5) is 5.69 Å². The lowest BCUT2D eigenvalue weighted by Gasteiger charge is -2.08. The number of amides is 1. The zero-order valence-electron chi connectivity index (χ0n) is 10.6. The Labute approximate surface area is 121 Å². The molecule has 0 radical (unpaired) electrons. The van der Waals surface area contributed by atoms with Gasteiger partial charge in [0.15, 0.2) is 0 Å². The summed E-state index contributed by atoms with van der Waals surface area (Å²) < 4.78 is 5.36. The molecule has 1 aromatic carbocycles. The summed E-state index contributed by atoms with van der Waals surface area (Å²) in [5.74, 6) is 0.300. The molecule has 0 saturated carbocycles. The molecule has 0 aliphatic carbocycles. The molecule has 0 atom stereocenters. The van der Waals surface area contributed by atoms with E-state index in [4.69, 9.17) is 22.7 Å². The molecular weight excluding hydrogens is 274 g/mol. The minimum Gasteiger partial charge on any atom is -0.486 e. The first-order chi connectivity index (χ1) is 9.65. The van der Waals surface area contributed by atoms with E-state index in [0.29, 0.717) is 17.1 Å². The third-order valence-corrected chi connectivity index (χ3v) is 2.49. The quantitative estimate of drug-likeness (QED) is 0.822. The number of hydrogen-bond donors (Lipinski definition) is 2. The van der Waals surface area contributed by atoms with Gasteiger partial charge in [0.25, 0.3) is 5.91 Å². The van der Waals surface area contributed by atoms with E-state index in [9.17, 15) is 4.79 Å². The highest BCUT2D eigenvalue weighted by Gasteiger charge is 2.07. The summed E-state index contributed by atoms with van der Waals surface area (Å²) in [5.41, 5.74) is 6.32. The van der Waals surface area contributed by atoms with Crippen LogP contribution in [0.5, 0.6) is 5.75 Å². The van der Waals surface area contributed by atoms with Crippen molar-refractivity contribution in [1.29, 1.82) is 0 Å². The number of anilines is 1. The summed E-state index contributed by atoms with van der Waals surface area (Å²) in [6, 6.07) is 12.1. The highest BCUT2D eigenvalue weighted by atomic mass is 32.1. The van der Waals surface area contributed by atoms with Crippen LogP contribution in [0.3, 0.4) is 0 Å². The summed E-state index contributed by atoms with van der Waals surface area (Å²) in [4.78, 5) is 16.2. The predicted octanol–water partition coefficient (Wildman–Crippen LogP) is 2.00. The van der Waals surface area contributed by atoms with E-state index in [-0.39, 0.29) is 17.5 Å². The van der Waals surface area contributed by atoms with Crippen molar-refractivity contribution in [2.45, 2.75) is 0 Å². The smallest absolute Gasteiger partial charge is 0.274 e. The molecule has 5 nitrogen and oxygen atoms in total. The monoisotopic (exact) mass is 287 g/mol. The van der Waals surface area contributed by atoms with Gasteiger partial charge in [0.05, 0.1) is 0 Å². The van der Waals surface area contributed by atoms with Gasteiger partial charge in [-0.15, -0.1) is 0 Å². The number of nitrogens with one attached hydrogen (secondary N) is 1. The van der Waals surface area contributed by atoms with Gasteiger partial charge in [-0.1, -0.05) is 24.4 Å². The summed E-state index contributed by atoms with van der Waals surface area (Å²) >= 11 is 4.74. The van der Waals surface area contributed by atoms with Crippen LogP contribution in [-0.4, -0.2) is 22.5 Å². The largest absolute Gasteiger partial charge is 0.486 e. The van der Waals surface area contributed by atoms with E-state index in [1.807, 2.05) is 0 Å². The second kappa shape index (κ2) is 6.63. The Balaban J connectivity index is 2.04. The first kappa shape index (κ1) is 14.0. The third-order valence-electron chi connectivity index (χ3n) is 2.37. The lowest BCUT2D eigenvalue weighted by molar-refractivity contribution is 0.102. The van der Waals surface area contributed by atoms with E-state index in [2.05, 4.69) is 10.3 Å². The van der Waals surface area contributed by atoms with Crippen molar-refractivity contribution < 1.29 is 9.53 Å². The topological polar surface area (TPSA) is 77.2 Å². The number of hydrogen-bond acceptors (Lipinski definition) is 4. The van der Waals surface area contributed by atoms with E-state index >= 15 is 0 Å². The molecule has 2 aromatic rings. The van der Waals surface area contributed by atoms with Crippen molar-refractivity contribution >= 4 is 28.8 Å². The molecule has 1 aromatic heterocycles. The fraction of sp³-hybridized carbons (Fsp3) is 0.0714. The molecule has 0 saturated heterocycles. The fourth-order valence-corrected chi connectivity index (χ4v) is 1.57. The van der Waals surface area contributed by atoms with Gasteiger partial charge >= 0.3 is 0 Å². The zero-order valence-corrected chi connectivity index (χ0v) is 11.4. The minimum atomic E-state index is -0.280. The minimum absolute atomic E-state index is 0.160. The average molecular weight is 287 g/mol. The van der Waals surface area contributed by atoms with Crippen molar-refractivity contribution in [1.82, 2.24) is 4.98 Å². The maximum Gasteiger partial charge on any atom is 0.274 e. The zero-order chi connectivity index (χ0) is 14.4. The number of nitrogens with two attached hydrogens (primary N) is 1. The molecule has 20 heavy (non-hydrogen) atoms. The normalized spacial score (nSPS) is 9.80. The van der Waals surface area contributed by atoms with Gasteiger partial charge in [0.2, 0.25) is 0 Å². The molecule has 0 bridgehead atoms. The van der Waals surface area contributed by atoms with Crippen molar-refractivity contribution in [3.05, 3.63) is 54.4 Å². The van der Waals surface area contributed by atoms with Crippen LogP contribution in [0.2, 0.25) is 0 Å². The number of aromatic nitrogens is 1. The molecule has 0 fully saturated rings. The SMILES string of the molecule is NC(=S)COc1cccc(NC(=O)c2ccccn2)c1. The van der Waals surface area contributed by atoms with Gasteiger partial charge < -0.3 is 15.8 Å². The first-order valence-electron chi connectivity index (χ1n) is 5.89. The van der Waals surface area contributed by atoms with Crippen molar-refractivity contribution in [3.8, 4) is 5.75 Å². The molecular formula is C14H13N3O2S. The van der Waals surface area contributed by atoms with Crippen molar-refractivity contribution in [2.75, 3.05) is 11.9 Å². The standard InChI is InChI=1S/C14H13N3O2S/c15-13(20)9-19-11-5-3-4-10(8-11)17-14(18)12-6-1-2-7-16-12/h1-8H,9H2,(H2,15,20)(H,17,18). The molecule has 1 amide bonds. The Morgan fingerprint density at radius 2 is 2.15 bits per heavy atom. The Hall–Kier alpha value is -2.47. The van der Waals surface area contributed by atoms with Gasteiger partial charge in [-0.3, -0.25) is 9.78 Å². The van der Waals surface area contributed by atoms with Gasteiger partial charge in [0.1, 0.15) is 23.0 Å². The van der Waals surface area contributed by atoms with E-state index in [1.165, 1.54) is 0 Å². The van der Waals surface area contributed by atoms with E-state index < -0.39 is 0 Å². The molecule has 102 valence electrons. The summed E-state index contributed by atoms with van der Waals surface area (Å²) in [6.45, 7) is 0.160. The maximum absolute atomic E-state index is 11.9. The predicted molar refractivity (Wildman–Crippen MR) is 80.9 cm³/mol. The second-order valence-electron chi connectivity index (χ2n) is 3.95. The number of pyridine rings is 1. The fourth-order valence-electron chi connectivity index (χ4n) is 1.51. The highest BCUT2D eigenvalue weighted by Crippen LogP contribution is 2.17. The average Bonchev–Trinajstić information content (AvgIpc) is 2.46. The number of carbonyl (C=O) groups excluding carboxylic acids is 1. The Kier molecular flexibility index (Phi) is 4.62. The van der Waals surface area contributed by atoms with Gasteiger partial charge in [0, 0.05) is 18.0 Å². The number of thiocarbonyl (C=S) groups is 1. The molecule has 0 aliphatic rings. The van der Waals surface area contributed by atoms with Gasteiger partial charge in [-0.05, 0) is 24.3 Å². The Bertz CT molecular complexity index is 617.